The number of rotatable bonds is 7. The van der Waals surface area contributed by atoms with Crippen molar-refractivity contribution in [1.29, 1.82) is 0 Å². The fraction of sp³-hybridized carbons (Fsp3) is 0.444. The van der Waals surface area contributed by atoms with Gasteiger partial charge in [0, 0.05) is 25.7 Å². The maximum atomic E-state index is 5.18. The summed E-state index contributed by atoms with van der Waals surface area (Å²) in [6.07, 6.45) is 3.03. The Hall–Kier alpha value is -2.30. The Morgan fingerprint density at radius 3 is 2.48 bits per heavy atom. The highest BCUT2D eigenvalue weighted by Crippen LogP contribution is 2.11. The lowest BCUT2D eigenvalue weighted by molar-refractivity contribution is 0.392. The van der Waals surface area contributed by atoms with Gasteiger partial charge in [-0.25, -0.2) is 0 Å². The molecule has 2 rings (SSSR count). The molecule has 0 aliphatic heterocycles. The van der Waals surface area contributed by atoms with Crippen molar-refractivity contribution in [2.45, 2.75) is 33.1 Å². The second-order valence-electron chi connectivity index (χ2n) is 5.57. The van der Waals surface area contributed by atoms with Crippen LogP contribution in [0, 0.1) is 13.8 Å². The molecule has 0 bridgehead atoms. The molecule has 0 saturated carbocycles. The molecule has 0 radical (unpaired) electrons. The Kier molecular flexibility index (Phi) is 6.66. The molecule has 1 heterocycles. The average Bonchev–Trinajstić information content (AvgIpc) is 2.89. The molecule has 23 heavy (non-hydrogen) atoms. The zero-order valence-electron chi connectivity index (χ0n) is 14.2. The van der Waals surface area contributed by atoms with E-state index in [0.717, 1.165) is 49.8 Å². The number of guanidine groups is 1. The molecule has 0 spiro atoms. The largest absolute Gasteiger partial charge is 0.361 e. The van der Waals surface area contributed by atoms with Gasteiger partial charge in [0.2, 0.25) is 0 Å². The minimum absolute atomic E-state index is 0.807. The molecule has 0 fully saturated rings. The lowest BCUT2D eigenvalue weighted by Gasteiger charge is -2.11. The summed E-state index contributed by atoms with van der Waals surface area (Å²) < 4.78 is 5.18. The van der Waals surface area contributed by atoms with Crippen molar-refractivity contribution < 1.29 is 4.52 Å². The van der Waals surface area contributed by atoms with Crippen LogP contribution < -0.4 is 10.6 Å². The van der Waals surface area contributed by atoms with E-state index in [1.807, 2.05) is 19.9 Å². The van der Waals surface area contributed by atoms with E-state index < -0.39 is 0 Å². The van der Waals surface area contributed by atoms with Crippen LogP contribution in [0.25, 0.3) is 0 Å². The molecule has 124 valence electrons. The Morgan fingerprint density at radius 1 is 1.09 bits per heavy atom. The van der Waals surface area contributed by atoms with Gasteiger partial charge in [-0.05, 0) is 38.7 Å². The highest BCUT2D eigenvalue weighted by atomic mass is 16.5. The molecule has 1 aromatic heterocycles. The second-order valence-corrected chi connectivity index (χ2v) is 5.57. The maximum Gasteiger partial charge on any atom is 0.190 e. The second kappa shape index (κ2) is 8.98. The van der Waals surface area contributed by atoms with Crippen molar-refractivity contribution in [2.24, 2.45) is 4.99 Å². The first-order valence-electron chi connectivity index (χ1n) is 8.11. The molecule has 0 atom stereocenters. The van der Waals surface area contributed by atoms with Crippen LogP contribution in [0.3, 0.4) is 0 Å². The predicted molar refractivity (Wildman–Crippen MR) is 93.8 cm³/mol. The minimum atomic E-state index is 0.807. The van der Waals surface area contributed by atoms with Crippen LogP contribution in [0.4, 0.5) is 0 Å². The molecule has 0 aliphatic carbocycles. The summed E-state index contributed by atoms with van der Waals surface area (Å²) in [5.74, 6) is 1.74. The predicted octanol–water partition coefficient (Wildman–Crippen LogP) is 2.63. The molecule has 0 aliphatic rings. The minimum Gasteiger partial charge on any atom is -0.361 e. The number of nitrogens with one attached hydrogen (secondary N) is 2. The van der Waals surface area contributed by atoms with Gasteiger partial charge in [0.05, 0.1) is 5.69 Å². The zero-order chi connectivity index (χ0) is 16.5. The number of hydrogen-bond donors (Lipinski definition) is 2. The van der Waals surface area contributed by atoms with Gasteiger partial charge in [-0.15, -0.1) is 0 Å². The summed E-state index contributed by atoms with van der Waals surface area (Å²) in [6, 6.07) is 10.5. The third-order valence-electron chi connectivity index (χ3n) is 3.85. The lowest BCUT2D eigenvalue weighted by atomic mass is 10.1. The van der Waals surface area contributed by atoms with Crippen LogP contribution in [-0.4, -0.2) is 31.3 Å². The van der Waals surface area contributed by atoms with Gasteiger partial charge < -0.3 is 15.2 Å². The van der Waals surface area contributed by atoms with Gasteiger partial charge in [0.25, 0.3) is 0 Å². The van der Waals surface area contributed by atoms with Gasteiger partial charge in [-0.3, -0.25) is 4.99 Å². The first-order chi connectivity index (χ1) is 11.2. The van der Waals surface area contributed by atoms with Crippen LogP contribution in [-0.2, 0) is 12.8 Å². The number of benzene rings is 1. The fourth-order valence-electron chi connectivity index (χ4n) is 2.53. The number of nitrogens with zero attached hydrogens (tertiary/aromatic N) is 2. The Labute approximate surface area is 138 Å². The Bertz CT molecular complexity index is 600. The summed E-state index contributed by atoms with van der Waals surface area (Å²) in [6.45, 7) is 5.63. The van der Waals surface area contributed by atoms with E-state index in [-0.39, 0.29) is 0 Å². The van der Waals surface area contributed by atoms with Crippen LogP contribution in [0.5, 0.6) is 0 Å². The highest BCUT2D eigenvalue weighted by Gasteiger charge is 2.08. The van der Waals surface area contributed by atoms with E-state index in [4.69, 9.17) is 4.52 Å². The topological polar surface area (TPSA) is 62.5 Å². The third-order valence-corrected chi connectivity index (χ3v) is 3.85. The third kappa shape index (κ3) is 5.43. The summed E-state index contributed by atoms with van der Waals surface area (Å²) in [4.78, 5) is 4.25. The monoisotopic (exact) mass is 314 g/mol. The summed E-state index contributed by atoms with van der Waals surface area (Å²) in [5.41, 5.74) is 3.52. The van der Waals surface area contributed by atoms with E-state index >= 15 is 0 Å². The van der Waals surface area contributed by atoms with E-state index in [1.165, 1.54) is 11.1 Å². The van der Waals surface area contributed by atoms with E-state index in [2.05, 4.69) is 45.0 Å². The molecular weight excluding hydrogens is 288 g/mol. The van der Waals surface area contributed by atoms with E-state index in [1.54, 1.807) is 7.05 Å². The highest BCUT2D eigenvalue weighted by molar-refractivity contribution is 5.79. The van der Waals surface area contributed by atoms with Crippen molar-refractivity contribution in [3.8, 4) is 0 Å². The van der Waals surface area contributed by atoms with Crippen molar-refractivity contribution in [1.82, 2.24) is 15.8 Å². The number of hydrogen-bond acceptors (Lipinski definition) is 3. The summed E-state index contributed by atoms with van der Waals surface area (Å²) in [5, 5.41) is 10.7. The Morgan fingerprint density at radius 2 is 1.83 bits per heavy atom. The molecule has 5 heteroatoms. The van der Waals surface area contributed by atoms with Gasteiger partial charge in [0.15, 0.2) is 5.96 Å². The van der Waals surface area contributed by atoms with Crippen molar-refractivity contribution in [2.75, 3.05) is 20.1 Å². The SMILES string of the molecule is CN=C(NCCCc1ccccc1)NCCc1c(C)noc1C. The molecule has 2 N–H and O–H groups in total. The van der Waals surface area contributed by atoms with Gasteiger partial charge >= 0.3 is 0 Å². The molecule has 0 saturated heterocycles. The number of aliphatic imine (C=N–C) groups is 1. The molecular formula is C18H26N4O. The Balaban J connectivity index is 1.66. The van der Waals surface area contributed by atoms with Crippen molar-refractivity contribution >= 4 is 5.96 Å². The summed E-state index contributed by atoms with van der Waals surface area (Å²) in [7, 11) is 1.79. The first kappa shape index (κ1) is 17.1. The molecule has 5 nitrogen and oxygen atoms in total. The average molecular weight is 314 g/mol. The smallest absolute Gasteiger partial charge is 0.190 e. The summed E-state index contributed by atoms with van der Waals surface area (Å²) >= 11 is 0. The zero-order valence-corrected chi connectivity index (χ0v) is 14.2. The number of aryl methyl sites for hydroxylation is 3. The van der Waals surface area contributed by atoms with Crippen LogP contribution in [0.15, 0.2) is 39.8 Å². The van der Waals surface area contributed by atoms with E-state index in [0.29, 0.717) is 0 Å². The molecule has 2 aromatic rings. The van der Waals surface area contributed by atoms with Crippen LogP contribution in [0.2, 0.25) is 0 Å². The standard InChI is InChI=1S/C18H26N4O/c1-14-17(15(2)23-22-14)11-13-21-18(19-3)20-12-7-10-16-8-5-4-6-9-16/h4-6,8-9H,7,10-13H2,1-3H3,(H2,19,20,21). The maximum absolute atomic E-state index is 5.18. The lowest BCUT2D eigenvalue weighted by Crippen LogP contribution is -2.38. The van der Waals surface area contributed by atoms with E-state index in [9.17, 15) is 0 Å². The van der Waals surface area contributed by atoms with Crippen LogP contribution >= 0.6 is 0 Å². The first-order valence-corrected chi connectivity index (χ1v) is 8.11. The van der Waals surface area contributed by atoms with Gasteiger partial charge in [-0.1, -0.05) is 35.5 Å². The molecule has 0 unspecified atom stereocenters. The van der Waals surface area contributed by atoms with Gasteiger partial charge in [-0.2, -0.15) is 0 Å². The number of aromatic nitrogens is 1. The van der Waals surface area contributed by atoms with Gasteiger partial charge in [0.1, 0.15) is 5.76 Å². The molecule has 1 aromatic carbocycles. The normalized spacial score (nSPS) is 11.5. The fourth-order valence-corrected chi connectivity index (χ4v) is 2.53. The van der Waals surface area contributed by atoms with Crippen LogP contribution in [0.1, 0.15) is 29.0 Å². The molecule has 0 amide bonds. The van der Waals surface area contributed by atoms with Crippen molar-refractivity contribution in [3.05, 3.63) is 52.9 Å². The quantitative estimate of drug-likeness (QED) is 0.468. The van der Waals surface area contributed by atoms with Crippen molar-refractivity contribution in [3.63, 3.8) is 0 Å².